The fraction of sp³-hybridized carbons (Fsp3) is 0.714. The molecular weight excluding hydrogens is 244 g/mol. The molecule has 2 amide bonds. The number of amides is 2. The van der Waals surface area contributed by atoms with Gasteiger partial charge in [0.1, 0.15) is 0 Å². The first kappa shape index (κ1) is 15.5. The van der Waals surface area contributed by atoms with Crippen LogP contribution < -0.4 is 0 Å². The number of carbonyl (C=O) groups excluding carboxylic acids is 1. The minimum absolute atomic E-state index is 0.0312. The van der Waals surface area contributed by atoms with E-state index < -0.39 is 5.97 Å². The van der Waals surface area contributed by atoms with Crippen molar-refractivity contribution in [1.29, 1.82) is 0 Å². The number of nitrogens with zero attached hydrogens (tertiary/aromatic N) is 2. The van der Waals surface area contributed by atoms with Gasteiger partial charge in [0.2, 0.25) is 0 Å². The van der Waals surface area contributed by atoms with Crippen molar-refractivity contribution in [2.45, 2.75) is 39.2 Å². The molecule has 5 heteroatoms. The van der Waals surface area contributed by atoms with E-state index in [-0.39, 0.29) is 24.4 Å². The Morgan fingerprint density at radius 2 is 2.00 bits per heavy atom. The molecule has 1 rings (SSSR count). The van der Waals surface area contributed by atoms with Crippen LogP contribution in [-0.2, 0) is 4.79 Å². The van der Waals surface area contributed by atoms with Crippen molar-refractivity contribution in [1.82, 2.24) is 9.80 Å². The number of carboxylic acid groups (broad SMARTS) is 1. The van der Waals surface area contributed by atoms with Crippen LogP contribution in [0, 0.1) is 5.92 Å². The lowest BCUT2D eigenvalue weighted by molar-refractivity contribution is -0.138. The van der Waals surface area contributed by atoms with Crippen LogP contribution in [0.5, 0.6) is 0 Å². The van der Waals surface area contributed by atoms with Crippen molar-refractivity contribution in [3.05, 3.63) is 12.7 Å². The molecule has 1 fully saturated rings. The van der Waals surface area contributed by atoms with Crippen molar-refractivity contribution in [2.24, 2.45) is 5.92 Å². The van der Waals surface area contributed by atoms with E-state index in [2.05, 4.69) is 6.58 Å². The molecule has 108 valence electrons. The Balaban J connectivity index is 2.51. The summed E-state index contributed by atoms with van der Waals surface area (Å²) < 4.78 is 0. The number of hydrogen-bond acceptors (Lipinski definition) is 2. The minimum Gasteiger partial charge on any atom is -0.481 e. The smallest absolute Gasteiger partial charge is 0.320 e. The maximum atomic E-state index is 12.3. The minimum atomic E-state index is -0.750. The molecule has 0 atom stereocenters. The Kier molecular flexibility index (Phi) is 5.86. The third-order valence-electron chi connectivity index (χ3n) is 3.54. The second-order valence-electron chi connectivity index (χ2n) is 5.35. The monoisotopic (exact) mass is 268 g/mol. The zero-order valence-electron chi connectivity index (χ0n) is 11.8. The van der Waals surface area contributed by atoms with Gasteiger partial charge in [-0.25, -0.2) is 4.79 Å². The lowest BCUT2D eigenvalue weighted by Gasteiger charge is -2.36. The van der Waals surface area contributed by atoms with Crippen LogP contribution in [0.2, 0.25) is 0 Å². The highest BCUT2D eigenvalue weighted by Crippen LogP contribution is 2.21. The van der Waals surface area contributed by atoms with Gasteiger partial charge in [-0.05, 0) is 32.6 Å². The van der Waals surface area contributed by atoms with E-state index in [1.165, 1.54) is 0 Å². The molecule has 0 bridgehead atoms. The maximum Gasteiger partial charge on any atom is 0.320 e. The van der Waals surface area contributed by atoms with Gasteiger partial charge < -0.3 is 14.9 Å². The summed E-state index contributed by atoms with van der Waals surface area (Å²) in [6, 6.07) is 0.172. The molecule has 0 radical (unpaired) electrons. The van der Waals surface area contributed by atoms with E-state index in [9.17, 15) is 9.59 Å². The number of likely N-dealkylation sites (tertiary alicyclic amines) is 1. The molecule has 0 saturated carbocycles. The summed E-state index contributed by atoms with van der Waals surface area (Å²) in [5, 5.41) is 8.77. The highest BCUT2D eigenvalue weighted by atomic mass is 16.4. The van der Waals surface area contributed by atoms with Crippen LogP contribution in [0.25, 0.3) is 0 Å². The van der Waals surface area contributed by atoms with Crippen LogP contribution in [-0.4, -0.2) is 52.6 Å². The van der Waals surface area contributed by atoms with Gasteiger partial charge in [-0.3, -0.25) is 4.79 Å². The molecule has 1 aliphatic heterocycles. The van der Waals surface area contributed by atoms with Crippen molar-refractivity contribution < 1.29 is 14.7 Å². The van der Waals surface area contributed by atoms with Crippen molar-refractivity contribution in [2.75, 3.05) is 19.6 Å². The molecule has 1 aliphatic rings. The zero-order chi connectivity index (χ0) is 14.4. The van der Waals surface area contributed by atoms with Crippen LogP contribution in [0.4, 0.5) is 4.79 Å². The summed E-state index contributed by atoms with van der Waals surface area (Å²) in [4.78, 5) is 26.6. The Bertz CT molecular complexity index is 334. The standard InChI is InChI=1S/C14H24N2O3/c1-4-7-16(11(2)3)14(19)15-8-5-12(6-9-15)10-13(17)18/h4,11-12H,1,5-10H2,2-3H3,(H,17,18). The summed E-state index contributed by atoms with van der Waals surface area (Å²) in [7, 11) is 0. The third kappa shape index (κ3) is 4.58. The average Bonchev–Trinajstić information content (AvgIpc) is 2.35. The summed E-state index contributed by atoms with van der Waals surface area (Å²) in [5.74, 6) is -0.548. The molecule has 0 aromatic rings. The third-order valence-corrected chi connectivity index (χ3v) is 3.54. The van der Waals surface area contributed by atoms with Crippen molar-refractivity contribution in [3.8, 4) is 0 Å². The van der Waals surface area contributed by atoms with Gasteiger partial charge >= 0.3 is 12.0 Å². The molecule has 1 saturated heterocycles. The van der Waals surface area contributed by atoms with Gasteiger partial charge in [-0.15, -0.1) is 6.58 Å². The highest BCUT2D eigenvalue weighted by Gasteiger charge is 2.27. The second-order valence-corrected chi connectivity index (χ2v) is 5.35. The second kappa shape index (κ2) is 7.16. The van der Waals surface area contributed by atoms with Crippen LogP contribution in [0.3, 0.4) is 0 Å². The van der Waals surface area contributed by atoms with E-state index in [0.717, 1.165) is 12.8 Å². The number of piperidine rings is 1. The molecule has 0 unspecified atom stereocenters. The lowest BCUT2D eigenvalue weighted by Crippen LogP contribution is -2.49. The Morgan fingerprint density at radius 1 is 1.42 bits per heavy atom. The fourth-order valence-electron chi connectivity index (χ4n) is 2.41. The van der Waals surface area contributed by atoms with Crippen molar-refractivity contribution >= 4 is 12.0 Å². The zero-order valence-corrected chi connectivity index (χ0v) is 11.8. The summed E-state index contributed by atoms with van der Waals surface area (Å²) in [6.45, 7) is 9.49. The summed E-state index contributed by atoms with van der Waals surface area (Å²) in [6.07, 6.45) is 3.49. The maximum absolute atomic E-state index is 12.3. The first-order chi connectivity index (χ1) is 8.95. The highest BCUT2D eigenvalue weighted by molar-refractivity contribution is 5.75. The van der Waals surface area contributed by atoms with Gasteiger partial charge in [0, 0.05) is 32.1 Å². The van der Waals surface area contributed by atoms with E-state index in [1.54, 1.807) is 11.0 Å². The first-order valence-electron chi connectivity index (χ1n) is 6.84. The number of hydrogen-bond donors (Lipinski definition) is 1. The van der Waals surface area contributed by atoms with Crippen LogP contribution in [0.15, 0.2) is 12.7 Å². The van der Waals surface area contributed by atoms with Gasteiger partial charge in [0.25, 0.3) is 0 Å². The number of carboxylic acids is 1. The number of aliphatic carboxylic acids is 1. The van der Waals surface area contributed by atoms with Gasteiger partial charge in [0.05, 0.1) is 0 Å². The quantitative estimate of drug-likeness (QED) is 0.777. The topological polar surface area (TPSA) is 60.9 Å². The molecule has 0 aromatic carbocycles. The molecule has 0 aromatic heterocycles. The summed E-state index contributed by atoms with van der Waals surface area (Å²) >= 11 is 0. The van der Waals surface area contributed by atoms with Gasteiger partial charge in [0.15, 0.2) is 0 Å². The van der Waals surface area contributed by atoms with E-state index in [4.69, 9.17) is 5.11 Å². The van der Waals surface area contributed by atoms with Gasteiger partial charge in [-0.2, -0.15) is 0 Å². The summed E-state index contributed by atoms with van der Waals surface area (Å²) in [5.41, 5.74) is 0. The average molecular weight is 268 g/mol. The lowest BCUT2D eigenvalue weighted by atomic mass is 9.94. The number of rotatable bonds is 5. The Morgan fingerprint density at radius 3 is 2.42 bits per heavy atom. The largest absolute Gasteiger partial charge is 0.481 e. The Hall–Kier alpha value is -1.52. The molecule has 1 N–H and O–H groups in total. The van der Waals surface area contributed by atoms with Crippen LogP contribution >= 0.6 is 0 Å². The first-order valence-corrected chi connectivity index (χ1v) is 6.84. The molecular formula is C14H24N2O3. The van der Waals surface area contributed by atoms with E-state index in [1.807, 2.05) is 18.7 Å². The van der Waals surface area contributed by atoms with Crippen LogP contribution in [0.1, 0.15) is 33.1 Å². The predicted molar refractivity (Wildman–Crippen MR) is 74.0 cm³/mol. The molecule has 19 heavy (non-hydrogen) atoms. The van der Waals surface area contributed by atoms with E-state index in [0.29, 0.717) is 19.6 Å². The number of urea groups is 1. The molecule has 5 nitrogen and oxygen atoms in total. The normalized spacial score (nSPS) is 16.5. The fourth-order valence-corrected chi connectivity index (χ4v) is 2.41. The Labute approximate surface area is 114 Å². The SMILES string of the molecule is C=CCN(C(=O)N1CCC(CC(=O)O)CC1)C(C)C. The molecule has 1 heterocycles. The molecule has 0 spiro atoms. The van der Waals surface area contributed by atoms with Gasteiger partial charge in [-0.1, -0.05) is 6.08 Å². The number of carbonyl (C=O) groups is 2. The van der Waals surface area contributed by atoms with Crippen molar-refractivity contribution in [3.63, 3.8) is 0 Å². The molecule has 0 aliphatic carbocycles. The van der Waals surface area contributed by atoms with E-state index >= 15 is 0 Å². The predicted octanol–water partition coefficient (Wildman–Crippen LogP) is 2.19.